The minimum atomic E-state index is -0.318. The van der Waals surface area contributed by atoms with Crippen molar-refractivity contribution in [1.82, 2.24) is 5.32 Å². The van der Waals surface area contributed by atoms with Crippen LogP contribution in [0.1, 0.15) is 5.56 Å². The SMILES string of the molecule is O=C1NC(=Nc2ccccc2Cl)S/C1=C\c1cc(N=Nc2cccc(Cl)c2)ccc1O. The van der Waals surface area contributed by atoms with Crippen LogP contribution in [0.15, 0.2) is 86.9 Å². The number of amides is 1. The molecular formula is C22H14Cl2N4O2S. The lowest BCUT2D eigenvalue weighted by Gasteiger charge is -2.01. The first-order valence-corrected chi connectivity index (χ1v) is 10.6. The lowest BCUT2D eigenvalue weighted by Crippen LogP contribution is -2.19. The van der Waals surface area contributed by atoms with Gasteiger partial charge in [-0.1, -0.05) is 41.4 Å². The normalized spacial score (nSPS) is 16.4. The number of carbonyl (C=O) groups is 1. The topological polar surface area (TPSA) is 86.4 Å². The quantitative estimate of drug-likeness (QED) is 0.318. The molecule has 4 rings (SSSR count). The van der Waals surface area contributed by atoms with E-state index in [1.807, 2.05) is 6.07 Å². The molecule has 3 aromatic carbocycles. The number of para-hydroxylation sites is 1. The summed E-state index contributed by atoms with van der Waals surface area (Å²) >= 11 is 13.2. The number of phenols is 1. The lowest BCUT2D eigenvalue weighted by molar-refractivity contribution is -0.115. The number of rotatable bonds is 4. The molecule has 0 aliphatic carbocycles. The maximum atomic E-state index is 12.4. The number of amidine groups is 1. The van der Waals surface area contributed by atoms with Crippen molar-refractivity contribution in [2.75, 3.05) is 0 Å². The van der Waals surface area contributed by atoms with E-state index in [0.717, 1.165) is 11.8 Å². The second-order valence-electron chi connectivity index (χ2n) is 6.36. The Hall–Kier alpha value is -3.13. The number of azo groups is 1. The first-order chi connectivity index (χ1) is 15.0. The fourth-order valence-electron chi connectivity index (χ4n) is 2.65. The molecule has 31 heavy (non-hydrogen) atoms. The van der Waals surface area contributed by atoms with Gasteiger partial charge in [0.1, 0.15) is 5.75 Å². The van der Waals surface area contributed by atoms with Crippen molar-refractivity contribution < 1.29 is 9.90 Å². The van der Waals surface area contributed by atoms with Gasteiger partial charge in [0, 0.05) is 10.6 Å². The molecule has 6 nitrogen and oxygen atoms in total. The summed E-state index contributed by atoms with van der Waals surface area (Å²) in [5.41, 5.74) is 2.10. The Morgan fingerprint density at radius 2 is 1.71 bits per heavy atom. The van der Waals surface area contributed by atoms with Crippen LogP contribution in [-0.2, 0) is 4.79 Å². The van der Waals surface area contributed by atoms with E-state index in [-0.39, 0.29) is 11.7 Å². The summed E-state index contributed by atoms with van der Waals surface area (Å²) in [6.45, 7) is 0. The number of aliphatic imine (C=N–C) groups is 1. The molecule has 154 valence electrons. The minimum absolute atomic E-state index is 0.0131. The number of phenolic OH excluding ortho intramolecular Hbond substituents is 1. The van der Waals surface area contributed by atoms with Crippen molar-refractivity contribution in [3.8, 4) is 5.75 Å². The predicted octanol–water partition coefficient (Wildman–Crippen LogP) is 7.01. The van der Waals surface area contributed by atoms with E-state index >= 15 is 0 Å². The van der Waals surface area contributed by atoms with Crippen molar-refractivity contribution in [2.45, 2.75) is 0 Å². The number of nitrogens with zero attached hydrogens (tertiary/aromatic N) is 3. The van der Waals surface area contributed by atoms with Gasteiger partial charge in [-0.25, -0.2) is 4.99 Å². The third-order valence-corrected chi connectivity index (χ3v) is 5.58. The highest BCUT2D eigenvalue weighted by Gasteiger charge is 2.24. The Morgan fingerprint density at radius 3 is 2.48 bits per heavy atom. The molecule has 0 aromatic heterocycles. The van der Waals surface area contributed by atoms with Gasteiger partial charge in [0.2, 0.25) is 0 Å². The van der Waals surface area contributed by atoms with Crippen molar-refractivity contribution in [3.63, 3.8) is 0 Å². The van der Waals surface area contributed by atoms with Crippen LogP contribution in [0.25, 0.3) is 6.08 Å². The second-order valence-corrected chi connectivity index (χ2v) is 8.23. The van der Waals surface area contributed by atoms with E-state index in [2.05, 4.69) is 20.5 Å². The Balaban J connectivity index is 1.57. The summed E-state index contributed by atoms with van der Waals surface area (Å²) in [6, 6.07) is 18.8. The van der Waals surface area contributed by atoms with Gasteiger partial charge in [-0.15, -0.1) is 0 Å². The van der Waals surface area contributed by atoms with Gasteiger partial charge in [-0.3, -0.25) is 4.79 Å². The zero-order valence-corrected chi connectivity index (χ0v) is 18.1. The van der Waals surface area contributed by atoms with Crippen molar-refractivity contribution >= 4 is 69.2 Å². The molecule has 0 atom stereocenters. The number of aromatic hydroxyl groups is 1. The first kappa shape index (κ1) is 21.1. The third kappa shape index (κ3) is 5.32. The average molecular weight is 469 g/mol. The Bertz CT molecular complexity index is 1260. The molecule has 0 radical (unpaired) electrons. The number of carbonyl (C=O) groups excluding carboxylic acids is 1. The zero-order chi connectivity index (χ0) is 21.8. The molecule has 1 saturated heterocycles. The molecule has 0 saturated carbocycles. The average Bonchev–Trinajstić information content (AvgIpc) is 3.09. The summed E-state index contributed by atoms with van der Waals surface area (Å²) in [5, 5.41) is 22.7. The molecule has 1 aliphatic heterocycles. The largest absolute Gasteiger partial charge is 0.507 e. The van der Waals surface area contributed by atoms with Crippen LogP contribution in [0.5, 0.6) is 5.75 Å². The highest BCUT2D eigenvalue weighted by Crippen LogP contribution is 2.33. The summed E-state index contributed by atoms with van der Waals surface area (Å²) in [6.07, 6.45) is 1.57. The molecule has 1 heterocycles. The molecule has 0 unspecified atom stereocenters. The fraction of sp³-hybridized carbons (Fsp3) is 0. The summed E-state index contributed by atoms with van der Waals surface area (Å²) in [4.78, 5) is 17.1. The Labute approximate surface area is 192 Å². The predicted molar refractivity (Wildman–Crippen MR) is 126 cm³/mol. The molecule has 1 amide bonds. The fourth-order valence-corrected chi connectivity index (χ4v) is 3.84. The zero-order valence-electron chi connectivity index (χ0n) is 15.8. The van der Waals surface area contributed by atoms with Crippen molar-refractivity contribution in [1.29, 1.82) is 0 Å². The monoisotopic (exact) mass is 468 g/mol. The van der Waals surface area contributed by atoms with E-state index in [1.54, 1.807) is 60.7 Å². The second kappa shape index (κ2) is 9.34. The maximum Gasteiger partial charge on any atom is 0.264 e. The molecule has 1 fully saturated rings. The standard InChI is InChI=1S/C22H14Cl2N4O2S/c23-14-4-3-5-15(12-14)27-28-16-8-9-19(29)13(10-16)11-20-21(30)26-22(31-20)25-18-7-2-1-6-17(18)24/h1-12,29H,(H,25,26,30)/b20-11-,28-27?. The molecule has 9 heteroatoms. The van der Waals surface area contributed by atoms with Crippen molar-refractivity contribution in [2.24, 2.45) is 15.2 Å². The van der Waals surface area contributed by atoms with Crippen LogP contribution in [0.2, 0.25) is 10.0 Å². The van der Waals surface area contributed by atoms with Crippen LogP contribution in [0.4, 0.5) is 17.1 Å². The number of hydrogen-bond acceptors (Lipinski definition) is 6. The van der Waals surface area contributed by atoms with Gasteiger partial charge in [-0.2, -0.15) is 10.2 Å². The third-order valence-electron chi connectivity index (χ3n) is 4.11. The molecule has 3 aromatic rings. The smallest absolute Gasteiger partial charge is 0.264 e. The van der Waals surface area contributed by atoms with Crippen LogP contribution in [0, 0.1) is 0 Å². The number of benzene rings is 3. The molecule has 1 aliphatic rings. The molecule has 2 N–H and O–H groups in total. The molecular weight excluding hydrogens is 455 g/mol. The first-order valence-electron chi connectivity index (χ1n) is 9.02. The Kier molecular flexibility index (Phi) is 6.36. The molecule has 0 spiro atoms. The van der Waals surface area contributed by atoms with E-state index in [9.17, 15) is 9.90 Å². The van der Waals surface area contributed by atoms with Crippen LogP contribution < -0.4 is 5.32 Å². The summed E-state index contributed by atoms with van der Waals surface area (Å²) in [7, 11) is 0. The van der Waals surface area contributed by atoms with Gasteiger partial charge in [0.15, 0.2) is 5.17 Å². The van der Waals surface area contributed by atoms with E-state index in [1.165, 1.54) is 6.07 Å². The van der Waals surface area contributed by atoms with Gasteiger partial charge >= 0.3 is 0 Å². The van der Waals surface area contributed by atoms with E-state index < -0.39 is 0 Å². The number of hydrogen-bond donors (Lipinski definition) is 2. The molecule has 0 bridgehead atoms. The highest BCUT2D eigenvalue weighted by molar-refractivity contribution is 8.18. The minimum Gasteiger partial charge on any atom is -0.507 e. The van der Waals surface area contributed by atoms with Crippen LogP contribution in [0.3, 0.4) is 0 Å². The number of thioether (sulfide) groups is 1. The maximum absolute atomic E-state index is 12.4. The van der Waals surface area contributed by atoms with Crippen molar-refractivity contribution in [3.05, 3.63) is 87.2 Å². The van der Waals surface area contributed by atoms with Crippen LogP contribution >= 0.6 is 35.0 Å². The van der Waals surface area contributed by atoms with E-state index in [4.69, 9.17) is 23.2 Å². The number of nitrogens with one attached hydrogen (secondary N) is 1. The van der Waals surface area contributed by atoms with E-state index in [0.29, 0.717) is 42.7 Å². The summed E-state index contributed by atoms with van der Waals surface area (Å²) < 4.78 is 0. The van der Waals surface area contributed by atoms with Gasteiger partial charge in [-0.05, 0) is 66.4 Å². The Morgan fingerprint density at radius 1 is 0.935 bits per heavy atom. The van der Waals surface area contributed by atoms with Gasteiger partial charge in [0.05, 0.1) is 27.0 Å². The summed E-state index contributed by atoms with van der Waals surface area (Å²) in [5.74, 6) is -0.305. The number of halogens is 2. The van der Waals surface area contributed by atoms with Crippen LogP contribution in [-0.4, -0.2) is 16.2 Å². The highest BCUT2D eigenvalue weighted by atomic mass is 35.5. The van der Waals surface area contributed by atoms with Gasteiger partial charge < -0.3 is 10.4 Å². The van der Waals surface area contributed by atoms with Gasteiger partial charge in [0.25, 0.3) is 5.91 Å². The lowest BCUT2D eigenvalue weighted by atomic mass is 10.1.